The minimum Gasteiger partial charge on any atom is -0.292 e. The zero-order valence-electron chi connectivity index (χ0n) is 9.40. The molecule has 1 aliphatic rings. The van der Waals surface area contributed by atoms with E-state index >= 15 is 0 Å². The minimum absolute atomic E-state index is 0.0448. The highest BCUT2D eigenvalue weighted by Gasteiger charge is 2.23. The standard InChI is InChI=1S/C12H16O2S2/c1-9-6-7-12(15-9)11(13)8-16(14)10-4-2-3-5-10/h6-7,10H,2-5,8H2,1H3. The lowest BCUT2D eigenvalue weighted by atomic mass is 10.3. The number of rotatable bonds is 4. The number of aryl methyl sites for hydroxylation is 1. The van der Waals surface area contributed by atoms with Crippen molar-refractivity contribution in [2.24, 2.45) is 0 Å². The van der Waals surface area contributed by atoms with E-state index < -0.39 is 10.8 Å². The molecule has 0 saturated heterocycles. The van der Waals surface area contributed by atoms with E-state index in [1.807, 2.05) is 19.1 Å². The van der Waals surface area contributed by atoms with Crippen molar-refractivity contribution in [2.45, 2.75) is 37.9 Å². The second-order valence-electron chi connectivity index (χ2n) is 4.27. The molecule has 0 bridgehead atoms. The first-order valence-electron chi connectivity index (χ1n) is 5.63. The van der Waals surface area contributed by atoms with Crippen molar-refractivity contribution >= 4 is 27.9 Å². The van der Waals surface area contributed by atoms with Gasteiger partial charge in [0.15, 0.2) is 5.78 Å². The molecule has 1 saturated carbocycles. The van der Waals surface area contributed by atoms with E-state index in [-0.39, 0.29) is 16.8 Å². The summed E-state index contributed by atoms with van der Waals surface area (Å²) >= 11 is 1.50. The Labute approximate surface area is 103 Å². The second-order valence-corrected chi connectivity index (χ2v) is 7.27. The Bertz CT molecular complexity index is 403. The molecule has 1 unspecified atom stereocenters. The van der Waals surface area contributed by atoms with Gasteiger partial charge in [-0.3, -0.25) is 9.00 Å². The quantitative estimate of drug-likeness (QED) is 0.776. The summed E-state index contributed by atoms with van der Waals surface area (Å²) in [4.78, 5) is 13.7. The molecule has 2 nitrogen and oxygen atoms in total. The highest BCUT2D eigenvalue weighted by Crippen LogP contribution is 2.24. The molecule has 0 spiro atoms. The summed E-state index contributed by atoms with van der Waals surface area (Å²) in [5.74, 6) is 0.258. The maximum absolute atomic E-state index is 11.9. The van der Waals surface area contributed by atoms with Crippen molar-refractivity contribution in [3.8, 4) is 0 Å². The van der Waals surface area contributed by atoms with Crippen LogP contribution in [0.15, 0.2) is 12.1 Å². The Morgan fingerprint density at radius 2 is 2.12 bits per heavy atom. The molecule has 1 aliphatic carbocycles. The summed E-state index contributed by atoms with van der Waals surface area (Å²) in [5, 5.41) is 0.269. The molecule has 0 amide bonds. The highest BCUT2D eigenvalue weighted by atomic mass is 32.2. The number of ketones is 1. The first-order chi connectivity index (χ1) is 7.66. The molecule has 4 heteroatoms. The molecule has 0 aromatic carbocycles. The van der Waals surface area contributed by atoms with Gasteiger partial charge in [-0.15, -0.1) is 11.3 Å². The fourth-order valence-electron chi connectivity index (χ4n) is 2.05. The number of Topliss-reactive ketones (excluding diaryl/α,β-unsaturated/α-hetero) is 1. The van der Waals surface area contributed by atoms with Crippen LogP contribution in [0.4, 0.5) is 0 Å². The Kier molecular flexibility index (Phi) is 3.92. The maximum Gasteiger partial charge on any atom is 0.185 e. The van der Waals surface area contributed by atoms with Crippen LogP contribution in [0.3, 0.4) is 0 Å². The third-order valence-corrected chi connectivity index (χ3v) is 5.77. The van der Waals surface area contributed by atoms with Crippen LogP contribution in [0.1, 0.15) is 40.2 Å². The molecule has 0 N–H and O–H groups in total. The predicted octanol–water partition coefficient (Wildman–Crippen LogP) is 2.93. The number of thiophene rings is 1. The van der Waals surface area contributed by atoms with Gasteiger partial charge in [0.1, 0.15) is 0 Å². The summed E-state index contributed by atoms with van der Waals surface area (Å²) in [6, 6.07) is 3.78. The molecule has 88 valence electrons. The largest absolute Gasteiger partial charge is 0.292 e. The average Bonchev–Trinajstić information content (AvgIpc) is 2.87. The smallest absolute Gasteiger partial charge is 0.185 e. The zero-order valence-corrected chi connectivity index (χ0v) is 11.0. The van der Waals surface area contributed by atoms with Crippen LogP contribution in [0.25, 0.3) is 0 Å². The van der Waals surface area contributed by atoms with Gasteiger partial charge >= 0.3 is 0 Å². The van der Waals surface area contributed by atoms with Gasteiger partial charge in [-0.1, -0.05) is 12.8 Å². The van der Waals surface area contributed by atoms with Gasteiger partial charge in [0.05, 0.1) is 10.6 Å². The van der Waals surface area contributed by atoms with Gasteiger partial charge in [0.25, 0.3) is 0 Å². The number of hydrogen-bond acceptors (Lipinski definition) is 3. The number of carbonyl (C=O) groups excluding carboxylic acids is 1. The van der Waals surface area contributed by atoms with E-state index in [0.29, 0.717) is 0 Å². The molecule has 1 atom stereocenters. The molecular formula is C12H16O2S2. The normalized spacial score (nSPS) is 18.8. The van der Waals surface area contributed by atoms with E-state index in [4.69, 9.17) is 0 Å². The van der Waals surface area contributed by atoms with Crippen molar-refractivity contribution in [2.75, 3.05) is 5.75 Å². The molecule has 0 radical (unpaired) electrons. The van der Waals surface area contributed by atoms with E-state index in [1.54, 1.807) is 0 Å². The molecule has 0 aliphatic heterocycles. The predicted molar refractivity (Wildman–Crippen MR) is 68.7 cm³/mol. The molecular weight excluding hydrogens is 240 g/mol. The van der Waals surface area contributed by atoms with Crippen LogP contribution in [0.2, 0.25) is 0 Å². The van der Waals surface area contributed by atoms with Gasteiger partial charge in [0.2, 0.25) is 0 Å². The van der Waals surface area contributed by atoms with Crippen LogP contribution in [-0.2, 0) is 10.8 Å². The summed E-state index contributed by atoms with van der Waals surface area (Å²) < 4.78 is 11.9. The monoisotopic (exact) mass is 256 g/mol. The highest BCUT2D eigenvalue weighted by molar-refractivity contribution is 7.86. The number of carbonyl (C=O) groups is 1. The Hall–Kier alpha value is -0.480. The van der Waals surface area contributed by atoms with Crippen LogP contribution < -0.4 is 0 Å². The Balaban J connectivity index is 1.94. The maximum atomic E-state index is 11.9. The van der Waals surface area contributed by atoms with Crippen molar-refractivity contribution < 1.29 is 9.00 Å². The van der Waals surface area contributed by atoms with Crippen LogP contribution >= 0.6 is 11.3 Å². The van der Waals surface area contributed by atoms with Crippen LogP contribution in [0, 0.1) is 6.92 Å². The Morgan fingerprint density at radius 3 is 2.69 bits per heavy atom. The van der Waals surface area contributed by atoms with Gasteiger partial charge in [0, 0.05) is 20.9 Å². The SMILES string of the molecule is Cc1ccc(C(=O)CS(=O)C2CCCC2)s1. The first-order valence-corrected chi connectivity index (χ1v) is 7.83. The van der Waals surface area contributed by atoms with E-state index in [2.05, 4.69) is 0 Å². The first kappa shape index (κ1) is 12.0. The Morgan fingerprint density at radius 1 is 1.44 bits per heavy atom. The van der Waals surface area contributed by atoms with Gasteiger partial charge in [-0.2, -0.15) is 0 Å². The lowest BCUT2D eigenvalue weighted by molar-refractivity contribution is 0.102. The second kappa shape index (κ2) is 5.23. The van der Waals surface area contributed by atoms with Gasteiger partial charge < -0.3 is 0 Å². The summed E-state index contributed by atoms with van der Waals surface area (Å²) in [7, 11) is -0.960. The molecule has 1 fully saturated rings. The minimum atomic E-state index is -0.960. The molecule has 1 aromatic heterocycles. The van der Waals surface area contributed by atoms with Crippen molar-refractivity contribution in [3.05, 3.63) is 21.9 Å². The summed E-state index contributed by atoms with van der Waals surface area (Å²) in [6.45, 7) is 1.98. The lowest BCUT2D eigenvalue weighted by Crippen LogP contribution is -2.19. The van der Waals surface area contributed by atoms with Crippen molar-refractivity contribution in [1.29, 1.82) is 0 Å². The fraction of sp³-hybridized carbons (Fsp3) is 0.583. The third kappa shape index (κ3) is 2.80. The molecule has 1 heterocycles. The van der Waals surface area contributed by atoms with Gasteiger partial charge in [-0.25, -0.2) is 0 Å². The fourth-order valence-corrected chi connectivity index (χ4v) is 4.46. The van der Waals surface area contributed by atoms with E-state index in [1.165, 1.54) is 24.2 Å². The van der Waals surface area contributed by atoms with E-state index in [0.717, 1.165) is 22.6 Å². The zero-order chi connectivity index (χ0) is 11.5. The molecule has 16 heavy (non-hydrogen) atoms. The summed E-state index contributed by atoms with van der Waals surface area (Å²) in [6.07, 6.45) is 4.40. The lowest BCUT2D eigenvalue weighted by Gasteiger charge is -2.07. The summed E-state index contributed by atoms with van der Waals surface area (Å²) in [5.41, 5.74) is 0. The van der Waals surface area contributed by atoms with Gasteiger partial charge in [-0.05, 0) is 31.9 Å². The molecule has 2 rings (SSSR count). The third-order valence-electron chi connectivity index (χ3n) is 2.96. The van der Waals surface area contributed by atoms with Crippen LogP contribution in [-0.4, -0.2) is 21.0 Å². The van der Waals surface area contributed by atoms with Crippen molar-refractivity contribution in [1.82, 2.24) is 0 Å². The van der Waals surface area contributed by atoms with Crippen LogP contribution in [0.5, 0.6) is 0 Å². The average molecular weight is 256 g/mol. The number of hydrogen-bond donors (Lipinski definition) is 0. The van der Waals surface area contributed by atoms with Crippen molar-refractivity contribution in [3.63, 3.8) is 0 Å². The van der Waals surface area contributed by atoms with E-state index in [9.17, 15) is 9.00 Å². The topological polar surface area (TPSA) is 34.1 Å². The molecule has 1 aromatic rings.